The Morgan fingerprint density at radius 2 is 2.21 bits per heavy atom. The second-order valence-electron chi connectivity index (χ2n) is 9.33. The van der Waals surface area contributed by atoms with Crippen LogP contribution in [-0.2, 0) is 12.0 Å². The molecule has 3 atom stereocenters. The van der Waals surface area contributed by atoms with Gasteiger partial charge in [0.1, 0.15) is 12.1 Å². The molecule has 0 bridgehead atoms. The first-order chi connectivity index (χ1) is 14.0. The summed E-state index contributed by atoms with van der Waals surface area (Å²) in [5.41, 5.74) is 6.26. The Balaban J connectivity index is 1.48. The fourth-order valence-electron chi connectivity index (χ4n) is 5.54. The normalized spacial score (nSPS) is 27.6. The van der Waals surface area contributed by atoms with Crippen LogP contribution in [0.3, 0.4) is 0 Å². The summed E-state index contributed by atoms with van der Waals surface area (Å²) in [5, 5.41) is 17.6. The molecule has 0 saturated carbocycles. The molecule has 6 nitrogen and oxygen atoms in total. The molecular formula is C23H31N5O. The zero-order valence-corrected chi connectivity index (χ0v) is 17.6. The lowest BCUT2D eigenvalue weighted by Crippen LogP contribution is -2.35. The van der Waals surface area contributed by atoms with Crippen molar-refractivity contribution in [2.45, 2.75) is 63.6 Å². The third-order valence-corrected chi connectivity index (χ3v) is 6.93. The van der Waals surface area contributed by atoms with Gasteiger partial charge in [0.25, 0.3) is 0 Å². The lowest BCUT2D eigenvalue weighted by atomic mass is 9.79. The number of hydrogen-bond acceptors (Lipinski definition) is 6. The van der Waals surface area contributed by atoms with Crippen molar-refractivity contribution < 1.29 is 5.11 Å². The van der Waals surface area contributed by atoms with E-state index in [1.165, 1.54) is 16.8 Å². The van der Waals surface area contributed by atoms with E-state index in [-0.39, 0.29) is 5.41 Å². The van der Waals surface area contributed by atoms with E-state index >= 15 is 0 Å². The number of anilines is 2. The molecule has 3 heterocycles. The molecule has 6 heteroatoms. The number of aromatic nitrogens is 2. The van der Waals surface area contributed by atoms with Crippen molar-refractivity contribution in [1.82, 2.24) is 15.3 Å². The van der Waals surface area contributed by atoms with Crippen molar-refractivity contribution in [3.63, 3.8) is 0 Å². The summed E-state index contributed by atoms with van der Waals surface area (Å²) in [6, 6.07) is 7.11. The van der Waals surface area contributed by atoms with Crippen LogP contribution in [0.25, 0.3) is 0 Å². The zero-order chi connectivity index (χ0) is 20.2. The summed E-state index contributed by atoms with van der Waals surface area (Å²) < 4.78 is 0. The smallest absolute Gasteiger partial charge is 0.135 e. The molecule has 154 valence electrons. The van der Waals surface area contributed by atoms with Gasteiger partial charge in [0.05, 0.1) is 11.8 Å². The molecule has 29 heavy (non-hydrogen) atoms. The monoisotopic (exact) mass is 393 g/mol. The molecular weight excluding hydrogens is 362 g/mol. The number of nitrogens with one attached hydrogen (secondary N) is 2. The maximum Gasteiger partial charge on any atom is 0.135 e. The molecule has 2 aromatic rings. The Morgan fingerprint density at radius 1 is 1.34 bits per heavy atom. The number of aliphatic hydroxyl groups excluding tert-OH is 1. The van der Waals surface area contributed by atoms with Crippen LogP contribution in [0.5, 0.6) is 0 Å². The summed E-state index contributed by atoms with van der Waals surface area (Å²) in [5.74, 6) is 1.33. The van der Waals surface area contributed by atoms with Crippen LogP contribution >= 0.6 is 0 Å². The average molecular weight is 394 g/mol. The topological polar surface area (TPSA) is 73.3 Å². The maximum atomic E-state index is 10.4. The Labute approximate surface area is 172 Å². The number of nitrogens with zero attached hydrogens (tertiary/aromatic N) is 3. The van der Waals surface area contributed by atoms with Crippen LogP contribution in [-0.4, -0.2) is 40.8 Å². The second kappa shape index (κ2) is 6.96. The molecule has 3 aliphatic rings. The molecule has 5 rings (SSSR count). The van der Waals surface area contributed by atoms with E-state index in [1.54, 1.807) is 6.33 Å². The minimum absolute atomic E-state index is 0.114. The van der Waals surface area contributed by atoms with E-state index < -0.39 is 6.10 Å². The van der Waals surface area contributed by atoms with Crippen molar-refractivity contribution in [3.05, 3.63) is 46.9 Å². The van der Waals surface area contributed by atoms with Gasteiger partial charge in [-0.2, -0.15) is 0 Å². The minimum atomic E-state index is -0.458. The van der Waals surface area contributed by atoms with Crippen molar-refractivity contribution in [2.24, 2.45) is 0 Å². The minimum Gasteiger partial charge on any atom is -0.387 e. The van der Waals surface area contributed by atoms with E-state index in [0.717, 1.165) is 56.1 Å². The fraction of sp³-hybridized carbons (Fsp3) is 0.565. The van der Waals surface area contributed by atoms with E-state index in [0.29, 0.717) is 12.0 Å². The lowest BCUT2D eigenvalue weighted by Gasteiger charge is -2.28. The van der Waals surface area contributed by atoms with Gasteiger partial charge in [0, 0.05) is 48.9 Å². The number of hydrogen-bond donors (Lipinski definition) is 3. The number of rotatable bonds is 4. The van der Waals surface area contributed by atoms with Crippen molar-refractivity contribution in [2.75, 3.05) is 29.9 Å². The van der Waals surface area contributed by atoms with Crippen LogP contribution in [0, 0.1) is 0 Å². The van der Waals surface area contributed by atoms with Gasteiger partial charge in [-0.15, -0.1) is 0 Å². The Bertz CT molecular complexity index is 929. The van der Waals surface area contributed by atoms with E-state index in [4.69, 9.17) is 0 Å². The van der Waals surface area contributed by atoms with Gasteiger partial charge in [-0.05, 0) is 36.0 Å². The molecule has 0 unspecified atom stereocenters. The van der Waals surface area contributed by atoms with Crippen LogP contribution in [0.2, 0.25) is 0 Å². The molecule has 0 radical (unpaired) electrons. The number of aliphatic hydroxyl groups is 1. The molecule has 0 amide bonds. The van der Waals surface area contributed by atoms with Gasteiger partial charge < -0.3 is 20.6 Å². The van der Waals surface area contributed by atoms with Gasteiger partial charge >= 0.3 is 0 Å². The van der Waals surface area contributed by atoms with Gasteiger partial charge in [0.15, 0.2) is 0 Å². The highest BCUT2D eigenvalue weighted by molar-refractivity contribution is 5.66. The maximum absolute atomic E-state index is 10.4. The lowest BCUT2D eigenvalue weighted by molar-refractivity contribution is 0.170. The third-order valence-electron chi connectivity index (χ3n) is 6.93. The first-order valence-electron chi connectivity index (χ1n) is 10.9. The molecule has 1 aromatic heterocycles. The zero-order valence-electron chi connectivity index (χ0n) is 17.6. The summed E-state index contributed by atoms with van der Waals surface area (Å²) in [6.45, 7) is 10.4. The summed E-state index contributed by atoms with van der Waals surface area (Å²) in [6.07, 6.45) is 3.02. The summed E-state index contributed by atoms with van der Waals surface area (Å²) in [7, 11) is 0. The Hall–Kier alpha value is -2.18. The van der Waals surface area contributed by atoms with Crippen molar-refractivity contribution in [1.29, 1.82) is 0 Å². The summed E-state index contributed by atoms with van der Waals surface area (Å²) in [4.78, 5) is 11.5. The SMILES string of the molecule is CC(C)NCc1cccc2c1[C@]1(CCN(c3ncnc4c3[C@H](C)C[C@H]4O)C1)CN2. The van der Waals surface area contributed by atoms with E-state index in [2.05, 4.69) is 64.5 Å². The van der Waals surface area contributed by atoms with Crippen molar-refractivity contribution in [3.8, 4) is 0 Å². The number of benzene rings is 1. The molecule has 1 aliphatic carbocycles. The van der Waals surface area contributed by atoms with Crippen LogP contribution < -0.4 is 15.5 Å². The highest BCUT2D eigenvalue weighted by Crippen LogP contribution is 2.48. The highest BCUT2D eigenvalue weighted by atomic mass is 16.3. The predicted octanol–water partition coefficient (Wildman–Crippen LogP) is 3.09. The molecule has 1 spiro atoms. The van der Waals surface area contributed by atoms with Crippen LogP contribution in [0.1, 0.15) is 68.0 Å². The first-order valence-corrected chi connectivity index (χ1v) is 10.9. The molecule has 3 N–H and O–H groups in total. The molecule has 1 saturated heterocycles. The summed E-state index contributed by atoms with van der Waals surface area (Å²) >= 11 is 0. The van der Waals surface area contributed by atoms with Gasteiger partial charge in [-0.25, -0.2) is 9.97 Å². The highest BCUT2D eigenvalue weighted by Gasteiger charge is 2.47. The Kier molecular flexibility index (Phi) is 4.51. The number of fused-ring (bicyclic) bond motifs is 3. The van der Waals surface area contributed by atoms with E-state index in [1.807, 2.05) is 0 Å². The fourth-order valence-corrected chi connectivity index (χ4v) is 5.54. The molecule has 1 fully saturated rings. The van der Waals surface area contributed by atoms with Crippen LogP contribution in [0.15, 0.2) is 24.5 Å². The predicted molar refractivity (Wildman–Crippen MR) is 115 cm³/mol. The Morgan fingerprint density at radius 3 is 3.03 bits per heavy atom. The quantitative estimate of drug-likeness (QED) is 0.741. The van der Waals surface area contributed by atoms with Gasteiger partial charge in [-0.3, -0.25) is 0 Å². The van der Waals surface area contributed by atoms with Gasteiger partial charge in [-0.1, -0.05) is 32.9 Å². The molecule has 1 aromatic carbocycles. The average Bonchev–Trinajstić information content (AvgIpc) is 3.38. The second-order valence-corrected chi connectivity index (χ2v) is 9.33. The van der Waals surface area contributed by atoms with Crippen LogP contribution in [0.4, 0.5) is 11.5 Å². The van der Waals surface area contributed by atoms with E-state index in [9.17, 15) is 5.11 Å². The van der Waals surface area contributed by atoms with Gasteiger partial charge in [0.2, 0.25) is 0 Å². The third kappa shape index (κ3) is 3.01. The largest absolute Gasteiger partial charge is 0.387 e. The first kappa shape index (κ1) is 18.8. The molecule has 2 aliphatic heterocycles. The van der Waals surface area contributed by atoms with Crippen molar-refractivity contribution >= 4 is 11.5 Å². The standard InChI is InChI=1S/C23H31N5O/c1-14(2)24-10-16-5-4-6-17-20(16)23(11-25-17)7-8-28(12-23)22-19-15(3)9-18(29)21(19)26-13-27-22/h4-6,13-15,18,24-25,29H,7-12H2,1-3H3/t15-,18-,23-/m1/s1.